The molecule has 0 N–H and O–H groups in total. The Balaban J connectivity index is 1.41. The Kier molecular flexibility index (Phi) is 6.04. The van der Waals surface area contributed by atoms with Gasteiger partial charge in [0.2, 0.25) is 0 Å². The van der Waals surface area contributed by atoms with E-state index in [0.29, 0.717) is 30.4 Å². The molecule has 0 unspecified atom stereocenters. The summed E-state index contributed by atoms with van der Waals surface area (Å²) in [6.07, 6.45) is 3.56. The molecule has 1 aromatic carbocycles. The predicted molar refractivity (Wildman–Crippen MR) is 96.4 cm³/mol. The van der Waals surface area contributed by atoms with Gasteiger partial charge < -0.3 is 18.5 Å². The van der Waals surface area contributed by atoms with E-state index in [0.717, 1.165) is 5.56 Å². The van der Waals surface area contributed by atoms with Gasteiger partial charge in [0.15, 0.2) is 18.3 Å². The van der Waals surface area contributed by atoms with E-state index in [2.05, 4.69) is 4.98 Å². The fourth-order valence-electron chi connectivity index (χ4n) is 2.42. The molecule has 0 spiro atoms. The minimum Gasteiger partial charge on any atom is -0.467 e. The van der Waals surface area contributed by atoms with Crippen LogP contribution in [0.2, 0.25) is 0 Å². The van der Waals surface area contributed by atoms with E-state index in [1.54, 1.807) is 31.6 Å². The molecule has 0 aliphatic heterocycles. The van der Waals surface area contributed by atoms with Crippen molar-refractivity contribution in [3.63, 3.8) is 0 Å². The van der Waals surface area contributed by atoms with Gasteiger partial charge in [0, 0.05) is 19.0 Å². The smallest absolute Gasteiger partial charge is 0.306 e. The molecule has 0 aliphatic carbocycles. The molecule has 140 valence electrons. The number of carbonyl (C=O) groups excluding carboxylic acids is 2. The number of benzene rings is 1. The monoisotopic (exact) mass is 368 g/mol. The molecule has 0 radical (unpaired) electrons. The first-order valence-corrected chi connectivity index (χ1v) is 8.54. The van der Waals surface area contributed by atoms with Gasteiger partial charge in [-0.3, -0.25) is 9.59 Å². The van der Waals surface area contributed by atoms with Crippen molar-refractivity contribution in [2.75, 3.05) is 13.7 Å². The summed E-state index contributed by atoms with van der Waals surface area (Å²) in [4.78, 5) is 29.4. The van der Waals surface area contributed by atoms with Gasteiger partial charge in [0.1, 0.15) is 5.76 Å². The van der Waals surface area contributed by atoms with Gasteiger partial charge in [-0.15, -0.1) is 0 Å². The Morgan fingerprint density at radius 3 is 2.70 bits per heavy atom. The number of ether oxygens (including phenoxy) is 1. The number of likely N-dealkylation sites (N-methyl/N-ethyl adjacent to an activating group) is 1. The number of furan rings is 1. The zero-order valence-corrected chi connectivity index (χ0v) is 15.0. The van der Waals surface area contributed by atoms with Crippen LogP contribution in [0.3, 0.4) is 0 Å². The van der Waals surface area contributed by atoms with Crippen molar-refractivity contribution in [1.29, 1.82) is 0 Å². The average Bonchev–Trinajstić information content (AvgIpc) is 3.37. The number of aryl methyl sites for hydroxylation is 1. The van der Waals surface area contributed by atoms with Crippen molar-refractivity contribution < 1.29 is 23.2 Å². The molecule has 2 aromatic heterocycles. The highest BCUT2D eigenvalue weighted by atomic mass is 16.5. The molecule has 0 atom stereocenters. The van der Waals surface area contributed by atoms with Crippen molar-refractivity contribution in [3.05, 3.63) is 66.6 Å². The second-order valence-electron chi connectivity index (χ2n) is 5.97. The van der Waals surface area contributed by atoms with Gasteiger partial charge in [0.05, 0.1) is 25.4 Å². The van der Waals surface area contributed by atoms with Gasteiger partial charge in [0.25, 0.3) is 5.91 Å². The summed E-state index contributed by atoms with van der Waals surface area (Å²) in [6.45, 7) is 0.0128. The molecule has 0 aliphatic rings. The van der Waals surface area contributed by atoms with Crippen molar-refractivity contribution >= 4 is 11.9 Å². The lowest BCUT2D eigenvalue weighted by molar-refractivity contribution is -0.151. The lowest BCUT2D eigenvalue weighted by Crippen LogP contribution is -2.30. The van der Waals surface area contributed by atoms with Crippen LogP contribution in [0.1, 0.15) is 18.1 Å². The van der Waals surface area contributed by atoms with E-state index >= 15 is 0 Å². The van der Waals surface area contributed by atoms with E-state index in [9.17, 15) is 9.59 Å². The van der Waals surface area contributed by atoms with E-state index in [1.807, 2.05) is 30.3 Å². The molecule has 3 rings (SSSR count). The molecular formula is C20H20N2O5. The Hall–Kier alpha value is -3.35. The van der Waals surface area contributed by atoms with Crippen LogP contribution in [0.4, 0.5) is 0 Å². The number of hydrogen-bond acceptors (Lipinski definition) is 6. The second kappa shape index (κ2) is 8.84. The minimum atomic E-state index is -0.478. The molecule has 0 fully saturated rings. The van der Waals surface area contributed by atoms with E-state index in [-0.39, 0.29) is 18.9 Å². The van der Waals surface area contributed by atoms with Crippen LogP contribution >= 0.6 is 0 Å². The van der Waals surface area contributed by atoms with E-state index < -0.39 is 5.97 Å². The molecule has 0 saturated heterocycles. The van der Waals surface area contributed by atoms with Crippen molar-refractivity contribution in [1.82, 2.24) is 9.88 Å². The predicted octanol–water partition coefficient (Wildman–Crippen LogP) is 3.07. The van der Waals surface area contributed by atoms with Crippen LogP contribution in [0.5, 0.6) is 0 Å². The standard InChI is InChI=1S/C20H20N2O5/c1-22(13-16-8-5-11-25-16)19(23)14-26-20(24)10-9-18-21-12-17(27-18)15-6-3-2-4-7-15/h2-8,11-12H,9-10,13-14H2,1H3. The number of nitrogens with zero attached hydrogens (tertiary/aromatic N) is 2. The Morgan fingerprint density at radius 2 is 1.96 bits per heavy atom. The first kappa shape index (κ1) is 18.4. The maximum Gasteiger partial charge on any atom is 0.306 e. The zero-order valence-electron chi connectivity index (χ0n) is 15.0. The normalized spacial score (nSPS) is 10.6. The highest BCUT2D eigenvalue weighted by Crippen LogP contribution is 2.20. The summed E-state index contributed by atoms with van der Waals surface area (Å²) < 4.78 is 15.8. The van der Waals surface area contributed by atoms with Crippen molar-refractivity contribution in [3.8, 4) is 11.3 Å². The van der Waals surface area contributed by atoms with Gasteiger partial charge in [-0.2, -0.15) is 0 Å². The molecule has 3 aromatic rings. The Bertz CT molecular complexity index is 871. The quantitative estimate of drug-likeness (QED) is 0.568. The van der Waals surface area contributed by atoms with Crippen LogP contribution in [-0.4, -0.2) is 35.4 Å². The van der Waals surface area contributed by atoms with Crippen LogP contribution in [0, 0.1) is 0 Å². The molecule has 7 nitrogen and oxygen atoms in total. The Labute approximate surface area is 156 Å². The third-order valence-electron chi connectivity index (χ3n) is 3.91. The maximum absolute atomic E-state index is 12.0. The molecule has 1 amide bonds. The number of oxazole rings is 1. The van der Waals surface area contributed by atoms with Crippen LogP contribution in [-0.2, 0) is 27.3 Å². The van der Waals surface area contributed by atoms with Crippen LogP contribution in [0.25, 0.3) is 11.3 Å². The number of amides is 1. The lowest BCUT2D eigenvalue weighted by atomic mass is 10.2. The summed E-state index contributed by atoms with van der Waals surface area (Å²) in [7, 11) is 1.62. The largest absolute Gasteiger partial charge is 0.467 e. The van der Waals surface area contributed by atoms with Crippen molar-refractivity contribution in [2.24, 2.45) is 0 Å². The van der Waals surface area contributed by atoms with Gasteiger partial charge in [-0.25, -0.2) is 4.98 Å². The van der Waals surface area contributed by atoms with Gasteiger partial charge in [-0.1, -0.05) is 30.3 Å². The van der Waals surface area contributed by atoms with Crippen LogP contribution < -0.4 is 0 Å². The zero-order chi connectivity index (χ0) is 19.1. The number of hydrogen-bond donors (Lipinski definition) is 0. The Morgan fingerprint density at radius 1 is 1.15 bits per heavy atom. The summed E-state index contributed by atoms with van der Waals surface area (Å²) in [6, 6.07) is 13.1. The van der Waals surface area contributed by atoms with E-state index in [1.165, 1.54) is 4.90 Å². The van der Waals surface area contributed by atoms with Crippen molar-refractivity contribution in [2.45, 2.75) is 19.4 Å². The molecule has 27 heavy (non-hydrogen) atoms. The molecule has 0 saturated carbocycles. The summed E-state index contributed by atoms with van der Waals surface area (Å²) in [5.41, 5.74) is 0.920. The topological polar surface area (TPSA) is 85.8 Å². The average molecular weight is 368 g/mol. The lowest BCUT2D eigenvalue weighted by Gasteiger charge is -2.15. The first-order chi connectivity index (χ1) is 13.1. The number of aromatic nitrogens is 1. The number of rotatable bonds is 8. The summed E-state index contributed by atoms with van der Waals surface area (Å²) >= 11 is 0. The fourth-order valence-corrected chi connectivity index (χ4v) is 2.42. The number of esters is 1. The summed E-state index contributed by atoms with van der Waals surface area (Å²) in [5.74, 6) is 0.979. The van der Waals surface area contributed by atoms with Gasteiger partial charge in [-0.05, 0) is 12.1 Å². The molecule has 0 bridgehead atoms. The third-order valence-corrected chi connectivity index (χ3v) is 3.91. The highest BCUT2D eigenvalue weighted by Gasteiger charge is 2.14. The SMILES string of the molecule is CN(Cc1ccco1)C(=O)COC(=O)CCc1ncc(-c2ccccc2)o1. The molecule has 7 heteroatoms. The summed E-state index contributed by atoms with van der Waals surface area (Å²) in [5, 5.41) is 0. The first-order valence-electron chi connectivity index (χ1n) is 8.54. The highest BCUT2D eigenvalue weighted by molar-refractivity contribution is 5.80. The van der Waals surface area contributed by atoms with E-state index in [4.69, 9.17) is 13.6 Å². The van der Waals surface area contributed by atoms with Gasteiger partial charge >= 0.3 is 5.97 Å². The molecule has 2 heterocycles. The maximum atomic E-state index is 12.0. The second-order valence-corrected chi connectivity index (χ2v) is 5.97. The fraction of sp³-hybridized carbons (Fsp3) is 0.250. The molecular weight excluding hydrogens is 348 g/mol. The number of carbonyl (C=O) groups is 2. The van der Waals surface area contributed by atoms with Crippen LogP contribution in [0.15, 0.2) is 63.8 Å². The third kappa shape index (κ3) is 5.31. The minimum absolute atomic E-state index is 0.0872.